The second kappa shape index (κ2) is 5.53. The lowest BCUT2D eigenvalue weighted by Crippen LogP contribution is -2.12. The van der Waals surface area contributed by atoms with Gasteiger partial charge in [0.15, 0.2) is 11.5 Å². The molecule has 2 aromatic rings. The highest BCUT2D eigenvalue weighted by molar-refractivity contribution is 7.92. The van der Waals surface area contributed by atoms with E-state index in [4.69, 9.17) is 9.47 Å². The average molecular weight is 319 g/mol. The van der Waals surface area contributed by atoms with Gasteiger partial charge in [0, 0.05) is 6.07 Å². The van der Waals surface area contributed by atoms with Gasteiger partial charge < -0.3 is 9.47 Å². The fraction of sp³-hybridized carbons (Fsp3) is 0.250. The number of hydrogen-bond donors (Lipinski definition) is 1. The minimum Gasteiger partial charge on any atom is -0.454 e. The van der Waals surface area contributed by atoms with Crippen molar-refractivity contribution in [1.29, 1.82) is 0 Å². The third-order valence-corrected chi connectivity index (χ3v) is 4.88. The zero-order valence-corrected chi connectivity index (χ0v) is 13.2. The van der Waals surface area contributed by atoms with Crippen LogP contribution in [0.3, 0.4) is 0 Å². The monoisotopic (exact) mass is 319 g/mol. The fourth-order valence-electron chi connectivity index (χ4n) is 2.21. The summed E-state index contributed by atoms with van der Waals surface area (Å²) in [5.41, 5.74) is 1.54. The van der Waals surface area contributed by atoms with Crippen LogP contribution in [0.25, 0.3) is 0 Å². The molecule has 1 heterocycles. The van der Waals surface area contributed by atoms with Crippen molar-refractivity contribution < 1.29 is 17.9 Å². The quantitative estimate of drug-likeness (QED) is 0.938. The maximum absolute atomic E-state index is 12.4. The second-order valence-corrected chi connectivity index (χ2v) is 7.08. The van der Waals surface area contributed by atoms with E-state index in [1.54, 1.807) is 30.3 Å². The molecule has 3 rings (SSSR count). The standard InChI is InChI=1S/C16H17NO4S/c1-11(2)12-3-6-14(7-4-12)22(18,19)17-13-5-8-15-16(9-13)21-10-20-15/h3-9,11,17H,10H2,1-2H3. The van der Waals surface area contributed by atoms with Crippen LogP contribution in [-0.2, 0) is 10.0 Å². The van der Waals surface area contributed by atoms with Crippen LogP contribution >= 0.6 is 0 Å². The highest BCUT2D eigenvalue weighted by atomic mass is 32.2. The van der Waals surface area contributed by atoms with Crippen molar-refractivity contribution in [2.24, 2.45) is 0 Å². The van der Waals surface area contributed by atoms with E-state index in [0.29, 0.717) is 23.1 Å². The molecule has 1 aliphatic heterocycles. The van der Waals surface area contributed by atoms with Crippen LogP contribution in [-0.4, -0.2) is 15.2 Å². The summed E-state index contributed by atoms with van der Waals surface area (Å²) in [6.45, 7) is 4.28. The molecule has 22 heavy (non-hydrogen) atoms. The van der Waals surface area contributed by atoms with Crippen LogP contribution < -0.4 is 14.2 Å². The summed E-state index contributed by atoms with van der Waals surface area (Å²) >= 11 is 0. The Hall–Kier alpha value is -2.21. The number of ether oxygens (including phenoxy) is 2. The van der Waals surface area contributed by atoms with Gasteiger partial charge in [0.1, 0.15) is 0 Å². The topological polar surface area (TPSA) is 64.6 Å². The Balaban J connectivity index is 1.84. The predicted octanol–water partition coefficient (Wildman–Crippen LogP) is 3.34. The van der Waals surface area contributed by atoms with E-state index in [-0.39, 0.29) is 11.7 Å². The molecule has 0 saturated carbocycles. The van der Waals surface area contributed by atoms with E-state index >= 15 is 0 Å². The number of rotatable bonds is 4. The molecule has 0 atom stereocenters. The van der Waals surface area contributed by atoms with Gasteiger partial charge in [-0.1, -0.05) is 26.0 Å². The van der Waals surface area contributed by atoms with Crippen LogP contribution in [0.4, 0.5) is 5.69 Å². The van der Waals surface area contributed by atoms with Crippen molar-refractivity contribution in [2.45, 2.75) is 24.7 Å². The Morgan fingerprint density at radius 1 is 1.00 bits per heavy atom. The molecule has 0 fully saturated rings. The number of nitrogens with one attached hydrogen (secondary N) is 1. The molecule has 6 heteroatoms. The first kappa shape index (κ1) is 14.7. The van der Waals surface area contributed by atoms with Crippen molar-refractivity contribution in [3.63, 3.8) is 0 Å². The first-order chi connectivity index (χ1) is 10.5. The van der Waals surface area contributed by atoms with Gasteiger partial charge in [-0.3, -0.25) is 4.72 Å². The van der Waals surface area contributed by atoms with Crippen molar-refractivity contribution >= 4 is 15.7 Å². The Bertz CT molecular complexity index is 782. The van der Waals surface area contributed by atoms with E-state index in [1.165, 1.54) is 0 Å². The van der Waals surface area contributed by atoms with Crippen LogP contribution in [0.15, 0.2) is 47.4 Å². The summed E-state index contributed by atoms with van der Waals surface area (Å²) < 4.78 is 37.8. The highest BCUT2D eigenvalue weighted by Crippen LogP contribution is 2.34. The summed E-state index contributed by atoms with van der Waals surface area (Å²) in [5.74, 6) is 1.51. The molecule has 0 unspecified atom stereocenters. The molecular formula is C16H17NO4S. The van der Waals surface area contributed by atoms with Gasteiger partial charge in [0.05, 0.1) is 10.6 Å². The lowest BCUT2D eigenvalue weighted by atomic mass is 10.0. The molecule has 5 nitrogen and oxygen atoms in total. The molecule has 0 amide bonds. The molecule has 0 bridgehead atoms. The third kappa shape index (κ3) is 2.87. The predicted molar refractivity (Wildman–Crippen MR) is 83.9 cm³/mol. The first-order valence-corrected chi connectivity index (χ1v) is 8.46. The van der Waals surface area contributed by atoms with Crippen LogP contribution in [0.5, 0.6) is 11.5 Å². The van der Waals surface area contributed by atoms with Crippen LogP contribution in [0, 0.1) is 0 Å². The summed E-state index contributed by atoms with van der Waals surface area (Å²) in [4.78, 5) is 0.231. The molecule has 0 spiro atoms. The van der Waals surface area contributed by atoms with Gasteiger partial charge in [0.2, 0.25) is 6.79 Å². The second-order valence-electron chi connectivity index (χ2n) is 5.40. The Kier molecular flexibility index (Phi) is 3.70. The van der Waals surface area contributed by atoms with Gasteiger partial charge in [-0.05, 0) is 35.7 Å². The smallest absolute Gasteiger partial charge is 0.261 e. The van der Waals surface area contributed by atoms with E-state index in [9.17, 15) is 8.42 Å². The normalized spacial score (nSPS) is 13.4. The highest BCUT2D eigenvalue weighted by Gasteiger charge is 2.18. The first-order valence-electron chi connectivity index (χ1n) is 6.98. The maximum Gasteiger partial charge on any atom is 0.261 e. The average Bonchev–Trinajstić information content (AvgIpc) is 2.94. The molecule has 0 aliphatic carbocycles. The minimum atomic E-state index is -3.62. The Labute approximate surface area is 129 Å². The number of fused-ring (bicyclic) bond motifs is 1. The van der Waals surface area contributed by atoms with Crippen LogP contribution in [0.1, 0.15) is 25.3 Å². The fourth-order valence-corrected chi connectivity index (χ4v) is 3.26. The summed E-state index contributed by atoms with van der Waals surface area (Å²) in [5, 5.41) is 0. The molecule has 0 saturated heterocycles. The Morgan fingerprint density at radius 3 is 2.36 bits per heavy atom. The van der Waals surface area contributed by atoms with Crippen molar-refractivity contribution in [3.8, 4) is 11.5 Å². The van der Waals surface area contributed by atoms with Crippen molar-refractivity contribution in [2.75, 3.05) is 11.5 Å². The van der Waals surface area contributed by atoms with E-state index in [2.05, 4.69) is 18.6 Å². The number of anilines is 1. The minimum absolute atomic E-state index is 0.155. The molecular weight excluding hydrogens is 302 g/mol. The molecule has 116 valence electrons. The SMILES string of the molecule is CC(C)c1ccc(S(=O)(=O)Nc2ccc3c(c2)OCO3)cc1. The molecule has 0 radical (unpaired) electrons. The summed E-state index contributed by atoms with van der Waals surface area (Å²) in [6, 6.07) is 11.8. The van der Waals surface area contributed by atoms with E-state index in [1.807, 2.05) is 12.1 Å². The number of sulfonamides is 1. The molecule has 2 aromatic carbocycles. The van der Waals surface area contributed by atoms with Crippen molar-refractivity contribution in [1.82, 2.24) is 0 Å². The summed E-state index contributed by atoms with van der Waals surface area (Å²) in [7, 11) is -3.62. The number of hydrogen-bond acceptors (Lipinski definition) is 4. The lowest BCUT2D eigenvalue weighted by Gasteiger charge is -2.10. The van der Waals surface area contributed by atoms with Gasteiger partial charge in [-0.15, -0.1) is 0 Å². The van der Waals surface area contributed by atoms with Gasteiger partial charge in [-0.25, -0.2) is 8.42 Å². The van der Waals surface area contributed by atoms with Gasteiger partial charge in [-0.2, -0.15) is 0 Å². The molecule has 1 N–H and O–H groups in total. The Morgan fingerprint density at radius 2 is 1.68 bits per heavy atom. The third-order valence-electron chi connectivity index (χ3n) is 3.48. The van der Waals surface area contributed by atoms with Crippen molar-refractivity contribution in [3.05, 3.63) is 48.0 Å². The van der Waals surface area contributed by atoms with Gasteiger partial charge >= 0.3 is 0 Å². The lowest BCUT2D eigenvalue weighted by molar-refractivity contribution is 0.174. The van der Waals surface area contributed by atoms with Crippen LogP contribution in [0.2, 0.25) is 0 Å². The number of benzene rings is 2. The summed E-state index contributed by atoms with van der Waals surface area (Å²) in [6.07, 6.45) is 0. The van der Waals surface area contributed by atoms with Gasteiger partial charge in [0.25, 0.3) is 10.0 Å². The van der Waals surface area contributed by atoms with E-state index in [0.717, 1.165) is 5.56 Å². The molecule has 0 aromatic heterocycles. The van der Waals surface area contributed by atoms with E-state index < -0.39 is 10.0 Å². The molecule has 1 aliphatic rings. The zero-order chi connectivity index (χ0) is 15.7. The largest absolute Gasteiger partial charge is 0.454 e. The zero-order valence-electron chi connectivity index (χ0n) is 12.4. The maximum atomic E-state index is 12.4.